The highest BCUT2D eigenvalue weighted by molar-refractivity contribution is 8.12. The van der Waals surface area contributed by atoms with Crippen molar-refractivity contribution in [2.45, 2.75) is 13.3 Å². The molecule has 19 heavy (non-hydrogen) atoms. The van der Waals surface area contributed by atoms with Crippen LogP contribution in [-0.4, -0.2) is 22.6 Å². The number of carbonyl (C=O) groups is 1. The van der Waals surface area contributed by atoms with Crippen LogP contribution in [0.2, 0.25) is 0 Å². The third kappa shape index (κ3) is 4.96. The molecule has 102 valence electrons. The van der Waals surface area contributed by atoms with E-state index in [9.17, 15) is 14.9 Å². The van der Waals surface area contributed by atoms with Gasteiger partial charge in [0.15, 0.2) is 0 Å². The number of hydrogen-bond acceptors (Lipinski definition) is 6. The number of thioether (sulfide) groups is 1. The minimum atomic E-state index is -0.601. The first-order valence-electron chi connectivity index (χ1n) is 5.38. The van der Waals surface area contributed by atoms with Crippen molar-refractivity contribution in [1.29, 1.82) is 0 Å². The Balaban J connectivity index is 2.75. The Morgan fingerprint density at radius 3 is 2.89 bits per heavy atom. The topological polar surface area (TPSA) is 97.7 Å². The van der Waals surface area contributed by atoms with E-state index in [0.29, 0.717) is 12.2 Å². The lowest BCUT2D eigenvalue weighted by Gasteiger charge is -1.96. The van der Waals surface area contributed by atoms with Crippen LogP contribution >= 0.6 is 11.8 Å². The Kier molecular flexibility index (Phi) is 5.80. The molecule has 1 N–H and O–H groups in total. The molecule has 1 aromatic rings. The average molecular weight is 283 g/mol. The quantitative estimate of drug-likeness (QED) is 0.508. The van der Waals surface area contributed by atoms with Gasteiger partial charge in [-0.05, 0) is 30.4 Å². The molecule has 1 heterocycles. The smallest absolute Gasteiger partial charge is 0.401 e. The monoisotopic (exact) mass is 283 g/mol. The number of amides is 1. The molecule has 0 aliphatic carbocycles. The third-order valence-electron chi connectivity index (χ3n) is 2.10. The second kappa shape index (κ2) is 7.37. The molecule has 0 spiro atoms. The number of nitro groups is 1. The first-order chi connectivity index (χ1) is 9.06. The van der Waals surface area contributed by atoms with E-state index in [0.717, 1.165) is 17.3 Å². The molecule has 0 aliphatic rings. The molecule has 0 aromatic carbocycles. The lowest BCUT2D eigenvalue weighted by molar-refractivity contribution is -0.402. The highest BCUT2D eigenvalue weighted by Crippen LogP contribution is 2.18. The van der Waals surface area contributed by atoms with Crippen molar-refractivity contribution < 1.29 is 14.1 Å². The van der Waals surface area contributed by atoms with Crippen molar-refractivity contribution in [1.82, 2.24) is 5.43 Å². The molecule has 0 radical (unpaired) electrons. The molecule has 0 saturated heterocycles. The molecular weight excluding hydrogens is 270 g/mol. The molecular formula is C11H13N3O4S. The molecule has 0 aliphatic heterocycles. The number of nitrogens with one attached hydrogen (secondary N) is 1. The minimum absolute atomic E-state index is 0.264. The van der Waals surface area contributed by atoms with Gasteiger partial charge in [0.25, 0.3) is 5.24 Å². The molecule has 0 bridgehead atoms. The number of hydrazone groups is 1. The SMILES string of the molecule is CCC(C=NNC(=O)SC)=Cc1ccc([N+](=O)[O-])o1. The van der Waals surface area contributed by atoms with Gasteiger partial charge >= 0.3 is 5.88 Å². The first-order valence-corrected chi connectivity index (χ1v) is 6.61. The molecule has 7 nitrogen and oxygen atoms in total. The number of rotatable bonds is 5. The van der Waals surface area contributed by atoms with Gasteiger partial charge in [0.1, 0.15) is 10.7 Å². The standard InChI is InChI=1S/C11H13N3O4S/c1-3-8(7-12-13-11(15)19-2)6-9-4-5-10(18-9)14(16)17/h4-7H,3H2,1-2H3,(H,13,15). The van der Waals surface area contributed by atoms with Crippen LogP contribution in [-0.2, 0) is 0 Å². The summed E-state index contributed by atoms with van der Waals surface area (Å²) in [4.78, 5) is 20.8. The van der Waals surface area contributed by atoms with E-state index in [1.807, 2.05) is 6.92 Å². The first kappa shape index (κ1) is 15.0. The van der Waals surface area contributed by atoms with Crippen LogP contribution in [0.15, 0.2) is 27.2 Å². The number of nitrogens with zero attached hydrogens (tertiary/aromatic N) is 2. The summed E-state index contributed by atoms with van der Waals surface area (Å²) in [6, 6.07) is 2.79. The van der Waals surface area contributed by atoms with Crippen molar-refractivity contribution in [2.75, 3.05) is 6.26 Å². The maximum absolute atomic E-state index is 10.9. The summed E-state index contributed by atoms with van der Waals surface area (Å²) in [5.41, 5.74) is 3.09. The summed E-state index contributed by atoms with van der Waals surface area (Å²) in [5, 5.41) is 14.0. The van der Waals surface area contributed by atoms with E-state index in [1.165, 1.54) is 18.3 Å². The second-order valence-corrected chi connectivity index (χ2v) is 4.15. The van der Waals surface area contributed by atoms with Crippen molar-refractivity contribution in [3.05, 3.63) is 33.6 Å². The Labute approximate surface area is 113 Å². The zero-order chi connectivity index (χ0) is 14.3. The van der Waals surface area contributed by atoms with Crippen LogP contribution in [0.25, 0.3) is 6.08 Å². The lowest BCUT2D eigenvalue weighted by Crippen LogP contribution is -2.10. The van der Waals surface area contributed by atoms with Gasteiger partial charge in [-0.1, -0.05) is 18.7 Å². The maximum atomic E-state index is 10.9. The molecule has 1 rings (SSSR count). The number of carbonyl (C=O) groups excluding carboxylic acids is 1. The Bertz CT molecular complexity index is 522. The van der Waals surface area contributed by atoms with Crippen molar-refractivity contribution in [3.63, 3.8) is 0 Å². The fourth-order valence-electron chi connectivity index (χ4n) is 1.14. The summed E-state index contributed by atoms with van der Waals surface area (Å²) in [6.45, 7) is 1.89. The largest absolute Gasteiger partial charge is 0.433 e. The average Bonchev–Trinajstić information content (AvgIpc) is 2.86. The Hall–Kier alpha value is -2.09. The van der Waals surface area contributed by atoms with E-state index in [2.05, 4.69) is 10.5 Å². The highest BCUT2D eigenvalue weighted by atomic mass is 32.2. The number of furan rings is 1. The van der Waals surface area contributed by atoms with Crippen LogP contribution in [0.4, 0.5) is 10.7 Å². The van der Waals surface area contributed by atoms with Gasteiger partial charge in [0.2, 0.25) is 0 Å². The van der Waals surface area contributed by atoms with Crippen LogP contribution in [0.5, 0.6) is 0 Å². The zero-order valence-electron chi connectivity index (χ0n) is 10.5. The van der Waals surface area contributed by atoms with Crippen molar-refractivity contribution in [2.24, 2.45) is 5.10 Å². The van der Waals surface area contributed by atoms with Crippen LogP contribution in [0, 0.1) is 10.1 Å². The van der Waals surface area contributed by atoms with Gasteiger partial charge in [-0.15, -0.1) is 0 Å². The van der Waals surface area contributed by atoms with Gasteiger partial charge in [0.05, 0.1) is 12.3 Å². The zero-order valence-corrected chi connectivity index (χ0v) is 11.3. The van der Waals surface area contributed by atoms with Crippen molar-refractivity contribution in [3.8, 4) is 0 Å². The van der Waals surface area contributed by atoms with Crippen LogP contribution in [0.1, 0.15) is 19.1 Å². The molecule has 0 unspecified atom stereocenters. The van der Waals surface area contributed by atoms with Gasteiger partial charge in [-0.25, -0.2) is 5.43 Å². The summed E-state index contributed by atoms with van der Waals surface area (Å²) < 4.78 is 5.00. The van der Waals surface area contributed by atoms with Gasteiger partial charge < -0.3 is 4.42 Å². The van der Waals surface area contributed by atoms with E-state index in [4.69, 9.17) is 4.42 Å². The predicted octanol–water partition coefficient (Wildman–Crippen LogP) is 3.04. The summed E-state index contributed by atoms with van der Waals surface area (Å²) in [7, 11) is 0. The Morgan fingerprint density at radius 2 is 2.37 bits per heavy atom. The van der Waals surface area contributed by atoms with Gasteiger partial charge in [-0.2, -0.15) is 5.10 Å². The molecule has 0 atom stereocenters. The number of allylic oxidation sites excluding steroid dienone is 1. The molecule has 8 heteroatoms. The highest BCUT2D eigenvalue weighted by Gasteiger charge is 2.10. The number of hydrogen-bond donors (Lipinski definition) is 1. The van der Waals surface area contributed by atoms with Gasteiger partial charge in [-0.3, -0.25) is 14.9 Å². The van der Waals surface area contributed by atoms with E-state index < -0.39 is 4.92 Å². The molecule has 0 fully saturated rings. The van der Waals surface area contributed by atoms with E-state index in [-0.39, 0.29) is 11.1 Å². The van der Waals surface area contributed by atoms with Crippen molar-refractivity contribution >= 4 is 35.2 Å². The molecule has 1 aromatic heterocycles. The fraction of sp³-hybridized carbons (Fsp3) is 0.273. The lowest BCUT2D eigenvalue weighted by atomic mass is 10.2. The molecule has 1 amide bonds. The third-order valence-corrected chi connectivity index (χ3v) is 2.56. The van der Waals surface area contributed by atoms with E-state index in [1.54, 1.807) is 12.3 Å². The summed E-state index contributed by atoms with van der Waals surface area (Å²) in [6.07, 6.45) is 5.39. The van der Waals surface area contributed by atoms with Gasteiger partial charge in [0, 0.05) is 0 Å². The fourth-order valence-corrected chi connectivity index (χ4v) is 1.29. The second-order valence-electron chi connectivity index (χ2n) is 3.37. The normalized spacial score (nSPS) is 11.8. The summed E-state index contributed by atoms with van der Waals surface area (Å²) in [5.74, 6) is 0.0560. The van der Waals surface area contributed by atoms with E-state index >= 15 is 0 Å². The maximum Gasteiger partial charge on any atom is 0.433 e. The van der Waals surface area contributed by atoms with Crippen LogP contribution in [0.3, 0.4) is 0 Å². The van der Waals surface area contributed by atoms with Crippen LogP contribution < -0.4 is 5.43 Å². The Morgan fingerprint density at radius 1 is 1.63 bits per heavy atom. The predicted molar refractivity (Wildman–Crippen MR) is 74.2 cm³/mol. The minimum Gasteiger partial charge on any atom is -0.401 e. The molecule has 0 saturated carbocycles. The summed E-state index contributed by atoms with van der Waals surface area (Å²) >= 11 is 1.02.